The van der Waals surface area contributed by atoms with Crippen LogP contribution in [0.5, 0.6) is 11.5 Å². The zero-order valence-corrected chi connectivity index (χ0v) is 19.3. The maximum atomic E-state index is 12.9. The normalized spacial score (nSPS) is 17.9. The Morgan fingerprint density at radius 1 is 0.971 bits per heavy atom. The summed E-state index contributed by atoms with van der Waals surface area (Å²) in [6.45, 7) is 0.406. The average Bonchev–Trinajstić information content (AvgIpc) is 3.15. The lowest BCUT2D eigenvalue weighted by atomic mass is 9.94. The number of carbonyl (C=O) groups is 2. The first-order valence-corrected chi connectivity index (χ1v) is 11.8. The molecule has 3 aromatic rings. The highest BCUT2D eigenvalue weighted by Crippen LogP contribution is 2.32. The van der Waals surface area contributed by atoms with E-state index in [0.717, 1.165) is 48.6 Å². The topological polar surface area (TPSA) is 67.9 Å². The number of carbonyl (C=O) groups excluding carboxylic acids is 2. The van der Waals surface area contributed by atoms with Crippen molar-refractivity contribution in [1.82, 2.24) is 10.2 Å². The van der Waals surface area contributed by atoms with Gasteiger partial charge in [0.05, 0.1) is 7.11 Å². The van der Waals surface area contributed by atoms with Gasteiger partial charge in [-0.25, -0.2) is 4.79 Å². The fourth-order valence-corrected chi connectivity index (χ4v) is 4.85. The molecule has 6 nitrogen and oxygen atoms in total. The second-order valence-corrected chi connectivity index (χ2v) is 8.79. The van der Waals surface area contributed by atoms with E-state index < -0.39 is 0 Å². The van der Waals surface area contributed by atoms with Crippen molar-refractivity contribution in [1.29, 1.82) is 0 Å². The van der Waals surface area contributed by atoms with Gasteiger partial charge in [-0.3, -0.25) is 9.69 Å². The van der Waals surface area contributed by atoms with Gasteiger partial charge in [0.2, 0.25) is 0 Å². The van der Waals surface area contributed by atoms with Gasteiger partial charge < -0.3 is 14.8 Å². The molecule has 6 heteroatoms. The fourth-order valence-electron chi connectivity index (χ4n) is 4.85. The van der Waals surface area contributed by atoms with E-state index in [4.69, 9.17) is 9.47 Å². The molecule has 1 saturated heterocycles. The molecule has 34 heavy (non-hydrogen) atoms. The molecular formula is C28H28N2O4. The number of nitrogens with one attached hydrogen (secondary N) is 1. The lowest BCUT2D eigenvalue weighted by Gasteiger charge is -2.28. The van der Waals surface area contributed by atoms with Crippen molar-refractivity contribution < 1.29 is 19.1 Å². The average molecular weight is 457 g/mol. The molecule has 0 atom stereocenters. The van der Waals surface area contributed by atoms with Gasteiger partial charge in [0.1, 0.15) is 12.3 Å². The number of hydrogen-bond acceptors (Lipinski definition) is 4. The summed E-state index contributed by atoms with van der Waals surface area (Å²) in [4.78, 5) is 26.8. The first-order chi connectivity index (χ1) is 16.6. The SMILES string of the molecule is COc1cc(/C=C2\NC(=O)N(C3CCCCC3)C2=O)ccc1OCc1cccc2ccccc12. The Balaban J connectivity index is 1.33. The molecule has 1 aliphatic heterocycles. The van der Waals surface area contributed by atoms with Gasteiger partial charge in [0.25, 0.3) is 5.91 Å². The number of fused-ring (bicyclic) bond motifs is 1. The van der Waals surface area contributed by atoms with E-state index in [0.29, 0.717) is 23.8 Å². The molecule has 1 saturated carbocycles. The predicted molar refractivity (Wildman–Crippen MR) is 132 cm³/mol. The molecule has 1 aliphatic carbocycles. The molecule has 174 valence electrons. The van der Waals surface area contributed by atoms with Crippen LogP contribution >= 0.6 is 0 Å². The van der Waals surface area contributed by atoms with E-state index in [9.17, 15) is 9.59 Å². The van der Waals surface area contributed by atoms with Crippen LogP contribution in [0, 0.1) is 0 Å². The molecule has 0 bridgehead atoms. The molecule has 0 radical (unpaired) electrons. The maximum absolute atomic E-state index is 12.9. The third-order valence-electron chi connectivity index (χ3n) is 6.61. The molecule has 1 N–H and O–H groups in total. The van der Waals surface area contributed by atoms with Crippen molar-refractivity contribution >= 4 is 28.8 Å². The van der Waals surface area contributed by atoms with Gasteiger partial charge in [-0.2, -0.15) is 0 Å². The van der Waals surface area contributed by atoms with Crippen LogP contribution < -0.4 is 14.8 Å². The monoisotopic (exact) mass is 456 g/mol. The zero-order chi connectivity index (χ0) is 23.5. The third kappa shape index (κ3) is 4.36. The summed E-state index contributed by atoms with van der Waals surface area (Å²) in [5, 5.41) is 5.07. The van der Waals surface area contributed by atoms with E-state index in [2.05, 4.69) is 29.6 Å². The highest BCUT2D eigenvalue weighted by molar-refractivity contribution is 6.14. The zero-order valence-electron chi connectivity index (χ0n) is 19.3. The molecule has 2 aliphatic rings. The van der Waals surface area contributed by atoms with Crippen molar-refractivity contribution in [2.45, 2.75) is 44.8 Å². The van der Waals surface area contributed by atoms with E-state index in [1.165, 1.54) is 10.3 Å². The summed E-state index contributed by atoms with van der Waals surface area (Å²) >= 11 is 0. The largest absolute Gasteiger partial charge is 0.493 e. The van der Waals surface area contributed by atoms with Gasteiger partial charge in [-0.05, 0) is 52.9 Å². The second-order valence-electron chi connectivity index (χ2n) is 8.79. The van der Waals surface area contributed by atoms with Gasteiger partial charge in [0.15, 0.2) is 11.5 Å². The van der Waals surface area contributed by atoms with Crippen LogP contribution in [0.2, 0.25) is 0 Å². The Bertz CT molecular complexity index is 1260. The van der Waals surface area contributed by atoms with Crippen LogP contribution in [0.25, 0.3) is 16.8 Å². The summed E-state index contributed by atoms with van der Waals surface area (Å²) in [5.41, 5.74) is 2.14. The summed E-state index contributed by atoms with van der Waals surface area (Å²) in [6.07, 6.45) is 6.72. The standard InChI is InChI=1S/C28H28N2O4/c1-33-26-17-19(16-24-27(31)30(28(32)29-24)22-11-3-2-4-12-22)14-15-25(26)34-18-21-10-7-9-20-8-5-6-13-23(20)21/h5-10,13-17,22H,2-4,11-12,18H2,1H3,(H,29,32)/b24-16-. The summed E-state index contributed by atoms with van der Waals surface area (Å²) < 4.78 is 11.6. The van der Waals surface area contributed by atoms with Crippen LogP contribution in [0.1, 0.15) is 43.2 Å². The number of benzene rings is 3. The number of ether oxygens (including phenoxy) is 2. The van der Waals surface area contributed by atoms with Crippen molar-refractivity contribution in [3.63, 3.8) is 0 Å². The summed E-state index contributed by atoms with van der Waals surface area (Å²) in [5.74, 6) is 0.922. The van der Waals surface area contributed by atoms with E-state index in [1.807, 2.05) is 36.4 Å². The van der Waals surface area contributed by atoms with Crippen LogP contribution in [-0.4, -0.2) is 30.0 Å². The quantitative estimate of drug-likeness (QED) is 0.384. The first-order valence-electron chi connectivity index (χ1n) is 11.8. The lowest BCUT2D eigenvalue weighted by Crippen LogP contribution is -2.41. The summed E-state index contributed by atoms with van der Waals surface area (Å²) in [6, 6.07) is 19.5. The molecule has 5 rings (SSSR count). The van der Waals surface area contributed by atoms with Crippen LogP contribution in [-0.2, 0) is 11.4 Å². The molecule has 0 spiro atoms. The number of methoxy groups -OCH3 is 1. The molecule has 0 unspecified atom stereocenters. The van der Waals surface area contributed by atoms with E-state index in [-0.39, 0.29) is 18.0 Å². The van der Waals surface area contributed by atoms with Gasteiger partial charge in [-0.1, -0.05) is 67.8 Å². The Morgan fingerprint density at radius 2 is 1.76 bits per heavy atom. The van der Waals surface area contributed by atoms with Crippen molar-refractivity contribution in [2.24, 2.45) is 0 Å². The van der Waals surface area contributed by atoms with Gasteiger partial charge in [0, 0.05) is 6.04 Å². The molecule has 1 heterocycles. The van der Waals surface area contributed by atoms with Gasteiger partial charge >= 0.3 is 6.03 Å². The van der Waals surface area contributed by atoms with Gasteiger partial charge in [-0.15, -0.1) is 0 Å². The number of hydrogen-bond donors (Lipinski definition) is 1. The third-order valence-corrected chi connectivity index (χ3v) is 6.61. The number of rotatable bonds is 6. The number of imide groups is 1. The second kappa shape index (κ2) is 9.59. The maximum Gasteiger partial charge on any atom is 0.329 e. The Morgan fingerprint density at radius 3 is 2.59 bits per heavy atom. The smallest absolute Gasteiger partial charge is 0.329 e. The van der Waals surface area contributed by atoms with Crippen LogP contribution in [0.3, 0.4) is 0 Å². The number of amides is 3. The first kappa shape index (κ1) is 22.0. The van der Waals surface area contributed by atoms with E-state index in [1.54, 1.807) is 13.2 Å². The highest BCUT2D eigenvalue weighted by Gasteiger charge is 2.38. The Hall–Kier alpha value is -3.80. The number of urea groups is 1. The highest BCUT2D eigenvalue weighted by atomic mass is 16.5. The van der Waals surface area contributed by atoms with Crippen molar-refractivity contribution in [2.75, 3.05) is 7.11 Å². The van der Waals surface area contributed by atoms with Crippen LogP contribution in [0.15, 0.2) is 66.4 Å². The fraction of sp³-hybridized carbons (Fsp3) is 0.286. The summed E-state index contributed by atoms with van der Waals surface area (Å²) in [7, 11) is 1.59. The predicted octanol–water partition coefficient (Wildman–Crippen LogP) is 5.65. The van der Waals surface area contributed by atoms with Crippen molar-refractivity contribution in [3.8, 4) is 11.5 Å². The molecule has 3 amide bonds. The van der Waals surface area contributed by atoms with Crippen LogP contribution in [0.4, 0.5) is 4.79 Å². The van der Waals surface area contributed by atoms with E-state index >= 15 is 0 Å². The molecule has 0 aromatic heterocycles. The molecular weight excluding hydrogens is 428 g/mol. The minimum absolute atomic E-state index is 0.00784. The molecule has 2 fully saturated rings. The minimum atomic E-state index is -0.329. The van der Waals surface area contributed by atoms with Crippen molar-refractivity contribution in [3.05, 3.63) is 77.5 Å². The number of nitrogens with zero attached hydrogens (tertiary/aromatic N) is 1. The Labute approximate surface area is 199 Å². The molecule has 3 aromatic carbocycles. The minimum Gasteiger partial charge on any atom is -0.493 e. The lowest BCUT2D eigenvalue weighted by molar-refractivity contribution is -0.124. The Kier molecular flexibility index (Phi) is 6.21.